The molecular weight excluding hydrogens is 370 g/mol. The molecule has 0 N–H and O–H groups in total. The van der Waals surface area contributed by atoms with Crippen LogP contribution in [-0.4, -0.2) is 23.7 Å². The zero-order chi connectivity index (χ0) is 19.2. The Morgan fingerprint density at radius 1 is 1.19 bits per heavy atom. The highest BCUT2D eigenvalue weighted by Gasteiger charge is 2.16. The molecule has 2 aromatic carbocycles. The van der Waals surface area contributed by atoms with Crippen LogP contribution in [0.5, 0.6) is 17.6 Å². The van der Waals surface area contributed by atoms with Crippen LogP contribution in [0.2, 0.25) is 5.02 Å². The van der Waals surface area contributed by atoms with Crippen molar-refractivity contribution in [3.05, 3.63) is 47.5 Å². The van der Waals surface area contributed by atoms with E-state index in [1.54, 1.807) is 49.4 Å². The molecule has 0 radical (unpaired) electrons. The first-order valence-electron chi connectivity index (χ1n) is 8.72. The summed E-state index contributed by atoms with van der Waals surface area (Å²) in [5.41, 5.74) is 1.21. The minimum absolute atomic E-state index is 0.119. The number of halogens is 1. The summed E-state index contributed by atoms with van der Waals surface area (Å²) in [4.78, 5) is 16.1. The van der Waals surface area contributed by atoms with Crippen LogP contribution in [0.25, 0.3) is 11.1 Å². The van der Waals surface area contributed by atoms with Gasteiger partial charge in [-0.1, -0.05) is 24.9 Å². The van der Waals surface area contributed by atoms with E-state index >= 15 is 0 Å². The predicted octanol–water partition coefficient (Wildman–Crippen LogP) is 5.38. The molecule has 0 saturated carbocycles. The smallest absolute Gasteiger partial charge is 0.400 e. The maximum Gasteiger partial charge on any atom is 0.400 e. The van der Waals surface area contributed by atoms with Crippen molar-refractivity contribution in [2.45, 2.75) is 32.8 Å². The fourth-order valence-electron chi connectivity index (χ4n) is 2.29. The van der Waals surface area contributed by atoms with E-state index in [-0.39, 0.29) is 12.0 Å². The number of carbonyl (C=O) groups excluding carboxylic acids is 1. The Labute approximate surface area is 162 Å². The van der Waals surface area contributed by atoms with Gasteiger partial charge in [0.05, 0.1) is 6.61 Å². The van der Waals surface area contributed by atoms with Crippen LogP contribution in [0.3, 0.4) is 0 Å². The van der Waals surface area contributed by atoms with Crippen molar-refractivity contribution < 1.29 is 23.4 Å². The van der Waals surface area contributed by atoms with Crippen LogP contribution in [0.1, 0.15) is 26.7 Å². The molecule has 0 bridgehead atoms. The molecular formula is C20H20ClNO5. The first kappa shape index (κ1) is 19.0. The highest BCUT2D eigenvalue weighted by atomic mass is 35.5. The van der Waals surface area contributed by atoms with Gasteiger partial charge < -0.3 is 18.6 Å². The number of rotatable bonds is 8. The van der Waals surface area contributed by atoms with Crippen molar-refractivity contribution in [3.63, 3.8) is 0 Å². The number of nitrogens with zero attached hydrogens (tertiary/aromatic N) is 1. The van der Waals surface area contributed by atoms with E-state index in [0.717, 1.165) is 12.8 Å². The van der Waals surface area contributed by atoms with E-state index in [4.69, 9.17) is 30.2 Å². The Kier molecular flexibility index (Phi) is 6.19. The van der Waals surface area contributed by atoms with Gasteiger partial charge in [-0.25, -0.2) is 4.79 Å². The number of fused-ring (bicyclic) bond motifs is 1. The summed E-state index contributed by atoms with van der Waals surface area (Å²) in [6.07, 6.45) is 1.24. The molecule has 0 aliphatic carbocycles. The number of esters is 1. The topological polar surface area (TPSA) is 70.8 Å². The second-order valence-electron chi connectivity index (χ2n) is 5.95. The van der Waals surface area contributed by atoms with Crippen molar-refractivity contribution >= 4 is 28.7 Å². The summed E-state index contributed by atoms with van der Waals surface area (Å²) in [6.45, 7) is 4.10. The standard InChI is InChI=1S/C20H20ClNO5/c1-3-4-11-24-19(23)13(2)25-15-6-8-16(9-7-15)26-20-22-17-10-5-14(21)12-18(17)27-20/h5-10,12-13H,3-4,11H2,1-2H3. The monoisotopic (exact) mass is 389 g/mol. The number of oxazole rings is 1. The lowest BCUT2D eigenvalue weighted by atomic mass is 10.3. The first-order valence-corrected chi connectivity index (χ1v) is 9.10. The molecule has 7 heteroatoms. The maximum absolute atomic E-state index is 11.8. The number of unbranched alkanes of at least 4 members (excludes halogenated alkanes) is 1. The molecule has 27 heavy (non-hydrogen) atoms. The summed E-state index contributed by atoms with van der Waals surface area (Å²) in [7, 11) is 0. The van der Waals surface area contributed by atoms with E-state index in [2.05, 4.69) is 4.98 Å². The fourth-order valence-corrected chi connectivity index (χ4v) is 2.46. The number of ether oxygens (including phenoxy) is 3. The largest absolute Gasteiger partial charge is 0.479 e. The Morgan fingerprint density at radius 3 is 2.67 bits per heavy atom. The van der Waals surface area contributed by atoms with Crippen molar-refractivity contribution in [1.82, 2.24) is 4.98 Å². The van der Waals surface area contributed by atoms with E-state index in [9.17, 15) is 4.79 Å². The zero-order valence-electron chi connectivity index (χ0n) is 15.1. The third kappa shape index (κ3) is 5.14. The third-order valence-corrected chi connectivity index (χ3v) is 3.98. The van der Waals surface area contributed by atoms with E-state index < -0.39 is 6.10 Å². The van der Waals surface area contributed by atoms with Crippen LogP contribution >= 0.6 is 11.6 Å². The van der Waals surface area contributed by atoms with Crippen LogP contribution < -0.4 is 9.47 Å². The summed E-state index contributed by atoms with van der Waals surface area (Å²) < 4.78 is 21.9. The molecule has 0 aliphatic rings. The van der Waals surface area contributed by atoms with Crippen molar-refractivity contribution in [2.75, 3.05) is 6.61 Å². The van der Waals surface area contributed by atoms with Gasteiger partial charge in [-0.15, -0.1) is 0 Å². The molecule has 1 heterocycles. The van der Waals surface area contributed by atoms with Crippen molar-refractivity contribution in [2.24, 2.45) is 0 Å². The second-order valence-corrected chi connectivity index (χ2v) is 6.38. The highest BCUT2D eigenvalue weighted by molar-refractivity contribution is 6.31. The number of hydrogen-bond donors (Lipinski definition) is 0. The van der Waals surface area contributed by atoms with Gasteiger partial charge in [0.1, 0.15) is 17.0 Å². The molecule has 0 amide bonds. The second kappa shape index (κ2) is 8.77. The molecule has 0 aliphatic heterocycles. The minimum atomic E-state index is -0.685. The van der Waals surface area contributed by atoms with Gasteiger partial charge in [0, 0.05) is 11.1 Å². The van der Waals surface area contributed by atoms with Crippen LogP contribution in [0.15, 0.2) is 46.9 Å². The molecule has 3 rings (SSSR count). The van der Waals surface area contributed by atoms with Crippen molar-refractivity contribution in [3.8, 4) is 17.6 Å². The highest BCUT2D eigenvalue weighted by Crippen LogP contribution is 2.28. The summed E-state index contributed by atoms with van der Waals surface area (Å²) in [6, 6.07) is 12.0. The normalized spacial score (nSPS) is 12.0. The minimum Gasteiger partial charge on any atom is -0.479 e. The Bertz CT molecular complexity index is 906. The van der Waals surface area contributed by atoms with Gasteiger partial charge in [-0.2, -0.15) is 4.98 Å². The lowest BCUT2D eigenvalue weighted by Gasteiger charge is -2.14. The number of aromatic nitrogens is 1. The van der Waals surface area contributed by atoms with E-state index in [1.807, 2.05) is 6.92 Å². The summed E-state index contributed by atoms with van der Waals surface area (Å²) in [5.74, 6) is 0.679. The molecule has 1 atom stereocenters. The Morgan fingerprint density at radius 2 is 1.93 bits per heavy atom. The molecule has 1 unspecified atom stereocenters. The summed E-state index contributed by atoms with van der Waals surface area (Å²) >= 11 is 5.93. The van der Waals surface area contributed by atoms with Crippen LogP contribution in [0, 0.1) is 0 Å². The predicted molar refractivity (Wildman–Crippen MR) is 101 cm³/mol. The third-order valence-electron chi connectivity index (χ3n) is 3.75. The SMILES string of the molecule is CCCCOC(=O)C(C)Oc1ccc(Oc2nc3ccc(Cl)cc3o2)cc1. The first-order chi connectivity index (χ1) is 13.0. The lowest BCUT2D eigenvalue weighted by molar-refractivity contribution is -0.151. The summed E-state index contributed by atoms with van der Waals surface area (Å²) in [5, 5.41) is 0.564. The molecule has 0 spiro atoms. The molecule has 0 fully saturated rings. The Hall–Kier alpha value is -2.73. The maximum atomic E-state index is 11.8. The van der Waals surface area contributed by atoms with Crippen molar-refractivity contribution in [1.29, 1.82) is 0 Å². The van der Waals surface area contributed by atoms with Gasteiger partial charge in [-0.3, -0.25) is 0 Å². The Balaban J connectivity index is 1.58. The van der Waals surface area contributed by atoms with E-state index in [1.165, 1.54) is 0 Å². The van der Waals surface area contributed by atoms with Crippen LogP contribution in [0.4, 0.5) is 0 Å². The average molecular weight is 390 g/mol. The molecule has 3 aromatic rings. The number of hydrogen-bond acceptors (Lipinski definition) is 6. The number of benzene rings is 2. The molecule has 6 nitrogen and oxygen atoms in total. The van der Waals surface area contributed by atoms with Gasteiger partial charge >= 0.3 is 12.0 Å². The van der Waals surface area contributed by atoms with E-state index in [0.29, 0.717) is 34.2 Å². The van der Waals surface area contributed by atoms with Crippen LogP contribution in [-0.2, 0) is 9.53 Å². The van der Waals surface area contributed by atoms with Gasteiger partial charge in [0.15, 0.2) is 11.7 Å². The van der Waals surface area contributed by atoms with Gasteiger partial charge in [0.2, 0.25) is 0 Å². The molecule has 0 saturated heterocycles. The number of carbonyl (C=O) groups is 1. The zero-order valence-corrected chi connectivity index (χ0v) is 15.9. The molecule has 1 aromatic heterocycles. The lowest BCUT2D eigenvalue weighted by Crippen LogP contribution is -2.26. The van der Waals surface area contributed by atoms with Gasteiger partial charge in [0.25, 0.3) is 0 Å². The fraction of sp³-hybridized carbons (Fsp3) is 0.300. The quantitative estimate of drug-likeness (QED) is 0.380. The average Bonchev–Trinajstić information content (AvgIpc) is 3.04. The molecule has 142 valence electrons. The van der Waals surface area contributed by atoms with Gasteiger partial charge in [-0.05, 0) is 49.7 Å².